The van der Waals surface area contributed by atoms with Gasteiger partial charge in [-0.3, -0.25) is 4.79 Å². The number of benzene rings is 1. The molecule has 2 aromatic rings. The fourth-order valence-corrected chi connectivity index (χ4v) is 3.98. The van der Waals surface area contributed by atoms with Crippen LogP contribution in [0.15, 0.2) is 29.6 Å². The highest BCUT2D eigenvalue weighted by Gasteiger charge is 2.60. The highest BCUT2D eigenvalue weighted by Crippen LogP contribution is 2.57. The first-order valence-corrected chi connectivity index (χ1v) is 8.82. The van der Waals surface area contributed by atoms with E-state index in [-0.39, 0.29) is 11.3 Å². The van der Waals surface area contributed by atoms with E-state index in [0.29, 0.717) is 23.0 Å². The van der Waals surface area contributed by atoms with Gasteiger partial charge in [-0.2, -0.15) is 0 Å². The zero-order chi connectivity index (χ0) is 16.0. The normalized spacial score (nSPS) is 24.8. The third-order valence-electron chi connectivity index (χ3n) is 4.56. The first-order chi connectivity index (χ1) is 11.1. The van der Waals surface area contributed by atoms with Crippen molar-refractivity contribution >= 4 is 28.8 Å². The van der Waals surface area contributed by atoms with E-state index in [1.807, 2.05) is 29.3 Å². The molecular formula is C18H15ClN2OS. The molecule has 2 atom stereocenters. The molecule has 5 heteroatoms. The number of thiazole rings is 1. The van der Waals surface area contributed by atoms with E-state index >= 15 is 0 Å². The van der Waals surface area contributed by atoms with Gasteiger partial charge in [0.2, 0.25) is 0 Å². The van der Waals surface area contributed by atoms with Gasteiger partial charge < -0.3 is 4.90 Å². The van der Waals surface area contributed by atoms with Crippen LogP contribution in [0.1, 0.15) is 27.5 Å². The summed E-state index contributed by atoms with van der Waals surface area (Å²) >= 11 is 7.59. The number of likely N-dealkylation sites (tertiary alicyclic amines) is 1. The van der Waals surface area contributed by atoms with Crippen LogP contribution in [-0.2, 0) is 0 Å². The monoisotopic (exact) mass is 342 g/mol. The molecule has 1 aromatic carbocycles. The van der Waals surface area contributed by atoms with Gasteiger partial charge in [-0.25, -0.2) is 4.98 Å². The van der Waals surface area contributed by atoms with Gasteiger partial charge in [0.1, 0.15) is 5.69 Å². The Bertz CT molecular complexity index is 850. The minimum absolute atomic E-state index is 0.0221. The Balaban J connectivity index is 1.50. The Morgan fingerprint density at radius 3 is 3.13 bits per heavy atom. The Morgan fingerprint density at radius 2 is 2.39 bits per heavy atom. The van der Waals surface area contributed by atoms with Gasteiger partial charge in [-0.15, -0.1) is 11.3 Å². The van der Waals surface area contributed by atoms with E-state index in [0.717, 1.165) is 23.7 Å². The Labute approximate surface area is 144 Å². The smallest absolute Gasteiger partial charge is 0.253 e. The third-order valence-corrected chi connectivity index (χ3v) is 5.57. The number of carbonyl (C=O) groups excluding carboxylic acids is 1. The minimum atomic E-state index is -0.0221. The summed E-state index contributed by atoms with van der Waals surface area (Å²) in [4.78, 5) is 18.9. The second kappa shape index (κ2) is 5.36. The molecule has 2 aliphatic rings. The molecule has 23 heavy (non-hydrogen) atoms. The van der Waals surface area contributed by atoms with E-state index in [9.17, 15) is 4.79 Å². The van der Waals surface area contributed by atoms with Gasteiger partial charge in [0.25, 0.3) is 5.91 Å². The molecule has 1 aliphatic carbocycles. The zero-order valence-electron chi connectivity index (χ0n) is 12.7. The highest BCUT2D eigenvalue weighted by atomic mass is 35.5. The van der Waals surface area contributed by atoms with Gasteiger partial charge in [0, 0.05) is 29.1 Å². The predicted octanol–water partition coefficient (Wildman–Crippen LogP) is 3.62. The van der Waals surface area contributed by atoms with Crippen molar-refractivity contribution in [3.63, 3.8) is 0 Å². The van der Waals surface area contributed by atoms with Crippen LogP contribution in [-0.4, -0.2) is 28.9 Å². The lowest BCUT2D eigenvalue weighted by Crippen LogP contribution is -2.31. The molecule has 2 heterocycles. The van der Waals surface area contributed by atoms with Crippen molar-refractivity contribution in [3.05, 3.63) is 50.9 Å². The fourth-order valence-electron chi connectivity index (χ4n) is 3.25. The van der Waals surface area contributed by atoms with E-state index in [1.165, 1.54) is 0 Å². The van der Waals surface area contributed by atoms with Crippen LogP contribution in [0.5, 0.6) is 0 Å². The first-order valence-electron chi connectivity index (χ1n) is 7.56. The van der Waals surface area contributed by atoms with Gasteiger partial charge >= 0.3 is 0 Å². The van der Waals surface area contributed by atoms with E-state index in [1.54, 1.807) is 23.5 Å². The summed E-state index contributed by atoms with van der Waals surface area (Å²) in [6, 6.07) is 7.13. The molecule has 2 unspecified atom stereocenters. The van der Waals surface area contributed by atoms with Crippen molar-refractivity contribution in [2.75, 3.05) is 13.1 Å². The summed E-state index contributed by atoms with van der Waals surface area (Å²) in [7, 11) is 0. The van der Waals surface area contributed by atoms with Crippen LogP contribution in [0, 0.1) is 30.1 Å². The lowest BCUT2D eigenvalue weighted by atomic mass is 10.1. The second-order valence-electron chi connectivity index (χ2n) is 6.25. The Kier molecular flexibility index (Phi) is 3.44. The molecule has 1 saturated carbocycles. The van der Waals surface area contributed by atoms with E-state index in [4.69, 9.17) is 11.6 Å². The number of nitrogens with zero attached hydrogens (tertiary/aromatic N) is 2. The number of amides is 1. The number of carbonyl (C=O) groups is 1. The largest absolute Gasteiger partial charge is 0.337 e. The fraction of sp³-hybridized carbons (Fsp3) is 0.333. The molecule has 3 nitrogen and oxygen atoms in total. The average molecular weight is 343 g/mol. The van der Waals surface area contributed by atoms with Crippen LogP contribution in [0.4, 0.5) is 0 Å². The maximum atomic E-state index is 12.6. The summed E-state index contributed by atoms with van der Waals surface area (Å²) < 4.78 is 0. The summed E-state index contributed by atoms with van der Waals surface area (Å²) in [5, 5.41) is 3.61. The number of aromatic nitrogens is 1. The first kappa shape index (κ1) is 14.7. The van der Waals surface area contributed by atoms with E-state index in [2.05, 4.69) is 16.8 Å². The van der Waals surface area contributed by atoms with Crippen molar-refractivity contribution in [1.82, 2.24) is 9.88 Å². The van der Waals surface area contributed by atoms with E-state index < -0.39 is 0 Å². The molecule has 116 valence electrons. The average Bonchev–Trinajstić information content (AvgIpc) is 2.88. The van der Waals surface area contributed by atoms with Crippen LogP contribution in [0.2, 0.25) is 5.02 Å². The van der Waals surface area contributed by atoms with Gasteiger partial charge in [0.15, 0.2) is 0 Å². The van der Waals surface area contributed by atoms with Gasteiger partial charge in [-0.1, -0.05) is 23.6 Å². The summed E-state index contributed by atoms with van der Waals surface area (Å²) in [5.41, 5.74) is 1.47. The standard InChI is InChI=1S/C18H15ClN2OS/c1-12-20-16(10-23-12)5-6-18-8-14(18)9-21(11-18)17(22)13-3-2-4-15(19)7-13/h2-4,7,10,14H,8-9,11H2,1H3. The quantitative estimate of drug-likeness (QED) is 0.742. The van der Waals surface area contributed by atoms with Crippen molar-refractivity contribution in [3.8, 4) is 11.8 Å². The van der Waals surface area contributed by atoms with Crippen LogP contribution in [0.25, 0.3) is 0 Å². The van der Waals surface area contributed by atoms with Crippen molar-refractivity contribution in [2.45, 2.75) is 13.3 Å². The SMILES string of the molecule is Cc1nc(C#CC23CC2CN(C(=O)c2cccc(Cl)c2)C3)cs1. The molecule has 4 rings (SSSR count). The molecule has 0 bridgehead atoms. The van der Waals surface area contributed by atoms with Crippen LogP contribution >= 0.6 is 22.9 Å². The molecule has 1 aliphatic heterocycles. The third kappa shape index (κ3) is 2.75. The molecule has 1 aromatic heterocycles. The summed E-state index contributed by atoms with van der Waals surface area (Å²) in [6.45, 7) is 3.48. The summed E-state index contributed by atoms with van der Waals surface area (Å²) in [5.74, 6) is 7.12. The molecule has 0 spiro atoms. The topological polar surface area (TPSA) is 33.2 Å². The van der Waals surface area contributed by atoms with Crippen LogP contribution < -0.4 is 0 Å². The molecule has 1 saturated heterocycles. The molecule has 1 amide bonds. The van der Waals surface area contributed by atoms with Crippen molar-refractivity contribution in [2.24, 2.45) is 11.3 Å². The van der Waals surface area contributed by atoms with Crippen molar-refractivity contribution < 1.29 is 4.79 Å². The number of aryl methyl sites for hydroxylation is 1. The number of rotatable bonds is 1. The Morgan fingerprint density at radius 1 is 1.52 bits per heavy atom. The lowest BCUT2D eigenvalue weighted by Gasteiger charge is -2.19. The molecule has 0 radical (unpaired) electrons. The number of piperidine rings is 1. The second-order valence-corrected chi connectivity index (χ2v) is 7.75. The number of fused-ring (bicyclic) bond motifs is 1. The minimum Gasteiger partial charge on any atom is -0.337 e. The highest BCUT2D eigenvalue weighted by molar-refractivity contribution is 7.09. The van der Waals surface area contributed by atoms with Gasteiger partial charge in [0.05, 0.1) is 10.4 Å². The number of hydrogen-bond acceptors (Lipinski definition) is 3. The lowest BCUT2D eigenvalue weighted by molar-refractivity contribution is 0.0770. The molecule has 2 fully saturated rings. The maximum Gasteiger partial charge on any atom is 0.253 e. The number of hydrogen-bond donors (Lipinski definition) is 0. The maximum absolute atomic E-state index is 12.6. The Hall–Kier alpha value is -1.83. The zero-order valence-corrected chi connectivity index (χ0v) is 14.2. The van der Waals surface area contributed by atoms with Crippen molar-refractivity contribution in [1.29, 1.82) is 0 Å². The van der Waals surface area contributed by atoms with Gasteiger partial charge in [-0.05, 0) is 43.4 Å². The molecule has 0 N–H and O–H groups in total. The van der Waals surface area contributed by atoms with Crippen LogP contribution in [0.3, 0.4) is 0 Å². The predicted molar refractivity (Wildman–Crippen MR) is 91.6 cm³/mol. The number of halogens is 1. The summed E-state index contributed by atoms with van der Waals surface area (Å²) in [6.07, 6.45) is 1.09. The molecular weight excluding hydrogens is 328 g/mol.